The Kier molecular flexibility index (Phi) is 3.81. The Bertz CT molecular complexity index is 434. The third-order valence-corrected chi connectivity index (χ3v) is 3.25. The average molecular weight is 298 g/mol. The lowest BCUT2D eigenvalue weighted by Crippen LogP contribution is -2.33. The fourth-order valence-electron chi connectivity index (χ4n) is 1.87. The molecule has 0 spiro atoms. The second kappa shape index (κ2) is 5.16. The molecular formula is C12H16BrN3O. The maximum absolute atomic E-state index is 11.8. The molecule has 1 unspecified atom stereocenters. The quantitative estimate of drug-likeness (QED) is 0.887. The standard InChI is InChI=1S/C12H16BrN3O/c1-16(2)6-5-14-11-9-7-8(13)3-4-10(9)15-12(11)17/h3-4,7,11,14H,5-6H2,1-2H3,(H,15,17). The van der Waals surface area contributed by atoms with Gasteiger partial charge in [-0.3, -0.25) is 4.79 Å². The van der Waals surface area contributed by atoms with E-state index in [1.807, 2.05) is 32.3 Å². The van der Waals surface area contributed by atoms with Gasteiger partial charge in [-0.1, -0.05) is 15.9 Å². The molecule has 5 heteroatoms. The second-order valence-corrected chi connectivity index (χ2v) is 5.33. The molecule has 1 amide bonds. The number of rotatable bonds is 4. The minimum Gasteiger partial charge on any atom is -0.324 e. The van der Waals surface area contributed by atoms with Gasteiger partial charge in [-0.05, 0) is 32.3 Å². The molecule has 1 aromatic carbocycles. The lowest BCUT2D eigenvalue weighted by atomic mass is 10.1. The van der Waals surface area contributed by atoms with Crippen LogP contribution in [-0.2, 0) is 4.79 Å². The largest absolute Gasteiger partial charge is 0.324 e. The van der Waals surface area contributed by atoms with Crippen LogP contribution in [0.3, 0.4) is 0 Å². The maximum Gasteiger partial charge on any atom is 0.246 e. The molecule has 1 aromatic rings. The fourth-order valence-corrected chi connectivity index (χ4v) is 2.25. The van der Waals surface area contributed by atoms with Gasteiger partial charge in [-0.2, -0.15) is 0 Å². The molecule has 0 fully saturated rings. The third kappa shape index (κ3) is 2.86. The normalized spacial score (nSPS) is 18.4. The summed E-state index contributed by atoms with van der Waals surface area (Å²) in [6.07, 6.45) is 0. The predicted octanol–water partition coefficient (Wildman–Crippen LogP) is 1.59. The number of anilines is 1. The molecule has 4 nitrogen and oxygen atoms in total. The lowest BCUT2D eigenvalue weighted by molar-refractivity contribution is -0.117. The number of benzene rings is 1. The molecule has 0 saturated heterocycles. The topological polar surface area (TPSA) is 44.4 Å². The number of hydrogen-bond donors (Lipinski definition) is 2. The molecule has 1 atom stereocenters. The first-order valence-corrected chi connectivity index (χ1v) is 6.35. The van der Waals surface area contributed by atoms with E-state index in [-0.39, 0.29) is 11.9 Å². The summed E-state index contributed by atoms with van der Waals surface area (Å²) in [5.74, 6) is 0.0249. The number of halogens is 1. The van der Waals surface area contributed by atoms with Crippen LogP contribution in [0.15, 0.2) is 22.7 Å². The van der Waals surface area contributed by atoms with Gasteiger partial charge in [0.2, 0.25) is 5.91 Å². The van der Waals surface area contributed by atoms with Gasteiger partial charge in [0, 0.05) is 28.8 Å². The number of carbonyl (C=O) groups is 1. The van der Waals surface area contributed by atoms with Gasteiger partial charge >= 0.3 is 0 Å². The second-order valence-electron chi connectivity index (χ2n) is 4.41. The molecule has 0 aromatic heterocycles. The molecule has 92 valence electrons. The zero-order valence-electron chi connectivity index (χ0n) is 9.96. The van der Waals surface area contributed by atoms with E-state index in [1.165, 1.54) is 0 Å². The number of fused-ring (bicyclic) bond motifs is 1. The van der Waals surface area contributed by atoms with Crippen molar-refractivity contribution in [2.75, 3.05) is 32.5 Å². The molecule has 0 aliphatic carbocycles. The van der Waals surface area contributed by atoms with Crippen LogP contribution in [0.2, 0.25) is 0 Å². The van der Waals surface area contributed by atoms with E-state index in [2.05, 4.69) is 31.5 Å². The van der Waals surface area contributed by atoms with Crippen LogP contribution < -0.4 is 10.6 Å². The highest BCUT2D eigenvalue weighted by Crippen LogP contribution is 2.32. The van der Waals surface area contributed by atoms with Crippen molar-refractivity contribution >= 4 is 27.5 Å². The van der Waals surface area contributed by atoms with E-state index in [1.54, 1.807) is 0 Å². The minimum absolute atomic E-state index is 0.0249. The van der Waals surface area contributed by atoms with Gasteiger partial charge in [0.15, 0.2) is 0 Å². The number of likely N-dealkylation sites (N-methyl/N-ethyl adjacent to an activating group) is 1. The Hall–Kier alpha value is -0.910. The first-order valence-electron chi connectivity index (χ1n) is 5.56. The van der Waals surface area contributed by atoms with Gasteiger partial charge in [-0.25, -0.2) is 0 Å². The minimum atomic E-state index is -0.234. The Balaban J connectivity index is 2.08. The monoisotopic (exact) mass is 297 g/mol. The smallest absolute Gasteiger partial charge is 0.246 e. The molecule has 2 N–H and O–H groups in total. The molecule has 2 rings (SSSR count). The molecule has 0 saturated carbocycles. The highest BCUT2D eigenvalue weighted by Gasteiger charge is 2.29. The maximum atomic E-state index is 11.8. The number of nitrogens with one attached hydrogen (secondary N) is 2. The van der Waals surface area contributed by atoms with Crippen LogP contribution in [0.25, 0.3) is 0 Å². The molecule has 0 radical (unpaired) electrons. The van der Waals surface area contributed by atoms with Crippen molar-refractivity contribution in [2.45, 2.75) is 6.04 Å². The van der Waals surface area contributed by atoms with Crippen molar-refractivity contribution in [1.29, 1.82) is 0 Å². The van der Waals surface area contributed by atoms with Crippen molar-refractivity contribution in [3.63, 3.8) is 0 Å². The molecule has 1 aliphatic rings. The van der Waals surface area contributed by atoms with E-state index < -0.39 is 0 Å². The summed E-state index contributed by atoms with van der Waals surface area (Å²) < 4.78 is 0.993. The Morgan fingerprint density at radius 3 is 2.94 bits per heavy atom. The van der Waals surface area contributed by atoms with Crippen molar-refractivity contribution in [3.8, 4) is 0 Å². The summed E-state index contributed by atoms with van der Waals surface area (Å²) in [6, 6.07) is 5.61. The van der Waals surface area contributed by atoms with Gasteiger partial charge in [-0.15, -0.1) is 0 Å². The average Bonchev–Trinajstić information content (AvgIpc) is 2.55. The number of hydrogen-bond acceptors (Lipinski definition) is 3. The van der Waals surface area contributed by atoms with Gasteiger partial charge in [0.25, 0.3) is 0 Å². The van der Waals surface area contributed by atoms with Gasteiger partial charge in [0.05, 0.1) is 0 Å². The highest BCUT2D eigenvalue weighted by atomic mass is 79.9. The Labute approximate surface area is 110 Å². The summed E-state index contributed by atoms with van der Waals surface area (Å²) in [5.41, 5.74) is 1.92. The number of nitrogens with zero attached hydrogens (tertiary/aromatic N) is 1. The number of amides is 1. The van der Waals surface area contributed by atoms with Crippen LogP contribution in [0.4, 0.5) is 5.69 Å². The molecule has 0 bridgehead atoms. The third-order valence-electron chi connectivity index (χ3n) is 2.75. The van der Waals surface area contributed by atoms with Crippen LogP contribution in [0.1, 0.15) is 11.6 Å². The van der Waals surface area contributed by atoms with Crippen molar-refractivity contribution < 1.29 is 4.79 Å². The molecular weight excluding hydrogens is 282 g/mol. The van der Waals surface area contributed by atoms with Crippen molar-refractivity contribution in [1.82, 2.24) is 10.2 Å². The SMILES string of the molecule is CN(C)CCNC1C(=O)Nc2ccc(Br)cc21. The van der Waals surface area contributed by atoms with E-state index in [9.17, 15) is 4.79 Å². The van der Waals surface area contributed by atoms with Crippen LogP contribution in [0, 0.1) is 0 Å². The summed E-state index contributed by atoms with van der Waals surface area (Å²) >= 11 is 3.43. The van der Waals surface area contributed by atoms with Crippen LogP contribution in [0.5, 0.6) is 0 Å². The molecule has 1 heterocycles. The summed E-state index contributed by atoms with van der Waals surface area (Å²) in [5, 5.41) is 6.15. The predicted molar refractivity (Wildman–Crippen MR) is 72.1 cm³/mol. The molecule has 17 heavy (non-hydrogen) atoms. The van der Waals surface area contributed by atoms with E-state index >= 15 is 0 Å². The zero-order chi connectivity index (χ0) is 12.4. The van der Waals surface area contributed by atoms with Crippen molar-refractivity contribution in [2.24, 2.45) is 0 Å². The highest BCUT2D eigenvalue weighted by molar-refractivity contribution is 9.10. The van der Waals surface area contributed by atoms with Crippen molar-refractivity contribution in [3.05, 3.63) is 28.2 Å². The molecule has 1 aliphatic heterocycles. The van der Waals surface area contributed by atoms with Crippen LogP contribution >= 0.6 is 15.9 Å². The fraction of sp³-hybridized carbons (Fsp3) is 0.417. The summed E-state index contributed by atoms with van der Waals surface area (Å²) in [7, 11) is 4.03. The van der Waals surface area contributed by atoms with E-state index in [4.69, 9.17) is 0 Å². The first-order chi connectivity index (χ1) is 8.08. The lowest BCUT2D eigenvalue weighted by Gasteiger charge is -2.14. The first kappa shape index (κ1) is 12.5. The van der Waals surface area contributed by atoms with E-state index in [0.717, 1.165) is 28.8 Å². The van der Waals surface area contributed by atoms with Crippen LogP contribution in [-0.4, -0.2) is 38.0 Å². The Morgan fingerprint density at radius 2 is 2.24 bits per heavy atom. The van der Waals surface area contributed by atoms with E-state index in [0.29, 0.717) is 0 Å². The van der Waals surface area contributed by atoms with Gasteiger partial charge in [0.1, 0.15) is 6.04 Å². The summed E-state index contributed by atoms with van der Waals surface area (Å²) in [4.78, 5) is 13.9. The zero-order valence-corrected chi connectivity index (χ0v) is 11.5. The number of carbonyl (C=O) groups excluding carboxylic acids is 1. The van der Waals surface area contributed by atoms with Gasteiger partial charge < -0.3 is 15.5 Å². The summed E-state index contributed by atoms with van der Waals surface area (Å²) in [6.45, 7) is 1.70. The Morgan fingerprint density at radius 1 is 1.47 bits per heavy atom.